The van der Waals surface area contributed by atoms with E-state index in [0.717, 1.165) is 13.1 Å². The summed E-state index contributed by atoms with van der Waals surface area (Å²) in [6.07, 6.45) is -0.127. The van der Waals surface area contributed by atoms with Crippen LogP contribution in [0.15, 0.2) is 0 Å². The molecule has 0 aromatic rings. The van der Waals surface area contributed by atoms with E-state index < -0.39 is 0 Å². The van der Waals surface area contributed by atoms with Crippen molar-refractivity contribution in [3.05, 3.63) is 0 Å². The van der Waals surface area contributed by atoms with Crippen molar-refractivity contribution in [1.29, 1.82) is 0 Å². The van der Waals surface area contributed by atoms with E-state index in [1.165, 1.54) is 0 Å². The smallest absolute Gasteiger partial charge is 0.407 e. The molecule has 2 heterocycles. The Morgan fingerprint density at radius 1 is 1.50 bits per heavy atom. The maximum Gasteiger partial charge on any atom is 0.407 e. The average Bonchev–Trinajstić information content (AvgIpc) is 2.32. The topological polar surface area (TPSA) is 59.6 Å². The Balaban J connectivity index is 1.63. The number of alkyl carbamates (subject to hydrolysis) is 1. The van der Waals surface area contributed by atoms with Crippen LogP contribution in [0.25, 0.3) is 0 Å². The molecule has 0 saturated carbocycles. The fourth-order valence-electron chi connectivity index (χ4n) is 1.15. The zero-order valence-corrected chi connectivity index (χ0v) is 6.71. The van der Waals surface area contributed by atoms with Gasteiger partial charge >= 0.3 is 6.09 Å². The summed E-state index contributed by atoms with van der Waals surface area (Å²) in [6, 6.07) is 0. The van der Waals surface area contributed by atoms with Crippen molar-refractivity contribution in [2.24, 2.45) is 0 Å². The van der Waals surface area contributed by atoms with Crippen LogP contribution >= 0.6 is 0 Å². The molecule has 12 heavy (non-hydrogen) atoms. The molecule has 0 radical (unpaired) electrons. The fourth-order valence-corrected chi connectivity index (χ4v) is 1.15. The van der Waals surface area contributed by atoms with E-state index in [4.69, 9.17) is 9.47 Å². The third-order valence-corrected chi connectivity index (χ3v) is 2.01. The number of nitrogens with one attached hydrogen (secondary N) is 2. The van der Waals surface area contributed by atoms with Crippen molar-refractivity contribution in [1.82, 2.24) is 10.6 Å². The van der Waals surface area contributed by atoms with E-state index in [-0.39, 0.29) is 12.2 Å². The molecular weight excluding hydrogens is 160 g/mol. The van der Waals surface area contributed by atoms with Gasteiger partial charge in [-0.1, -0.05) is 0 Å². The first kappa shape index (κ1) is 7.82. The maximum absolute atomic E-state index is 10.6. The number of hydrogen-bond donors (Lipinski definition) is 2. The summed E-state index contributed by atoms with van der Waals surface area (Å²) in [5.41, 5.74) is 0. The Hall–Kier alpha value is -0.810. The molecule has 2 aliphatic heterocycles. The minimum absolute atomic E-state index is 0.0990. The average molecular weight is 172 g/mol. The van der Waals surface area contributed by atoms with Gasteiger partial charge in [0.2, 0.25) is 0 Å². The lowest BCUT2D eigenvalue weighted by atomic mass is 10.2. The fraction of sp³-hybridized carbons (Fsp3) is 0.857. The van der Waals surface area contributed by atoms with Crippen LogP contribution in [0.2, 0.25) is 0 Å². The molecule has 2 N–H and O–H groups in total. The molecular formula is C7H12N2O3. The SMILES string of the molecule is O=C1NCC(COC2CNC2)O1. The van der Waals surface area contributed by atoms with E-state index in [1.54, 1.807) is 0 Å². The standard InChI is InChI=1S/C7H12N2O3/c10-7-9-3-6(12-7)4-11-5-1-8-2-5/h5-6,8H,1-4H2,(H,9,10). The number of cyclic esters (lactones) is 1. The normalized spacial score (nSPS) is 29.3. The van der Waals surface area contributed by atoms with Crippen LogP contribution in [0.3, 0.4) is 0 Å². The van der Waals surface area contributed by atoms with Gasteiger partial charge < -0.3 is 20.1 Å². The molecule has 0 spiro atoms. The molecule has 0 aromatic heterocycles. The van der Waals surface area contributed by atoms with Crippen molar-refractivity contribution < 1.29 is 14.3 Å². The number of hydrogen-bond acceptors (Lipinski definition) is 4. The Labute approximate surface area is 70.4 Å². The molecule has 0 aromatic carbocycles. The molecule has 2 aliphatic rings. The summed E-state index contributed by atoms with van der Waals surface area (Å²) in [6.45, 7) is 2.90. The monoisotopic (exact) mass is 172 g/mol. The Morgan fingerprint density at radius 3 is 2.83 bits per heavy atom. The lowest BCUT2D eigenvalue weighted by molar-refractivity contribution is -0.0219. The summed E-state index contributed by atoms with van der Waals surface area (Å²) in [4.78, 5) is 10.6. The molecule has 1 amide bonds. The van der Waals surface area contributed by atoms with E-state index in [9.17, 15) is 4.79 Å². The highest BCUT2D eigenvalue weighted by molar-refractivity contribution is 5.69. The summed E-state index contributed by atoms with van der Waals surface area (Å²) < 4.78 is 10.3. The summed E-state index contributed by atoms with van der Waals surface area (Å²) in [7, 11) is 0. The number of ether oxygens (including phenoxy) is 2. The van der Waals surface area contributed by atoms with E-state index >= 15 is 0 Å². The molecule has 1 atom stereocenters. The van der Waals surface area contributed by atoms with Crippen LogP contribution in [0.1, 0.15) is 0 Å². The quantitative estimate of drug-likeness (QED) is 0.578. The largest absolute Gasteiger partial charge is 0.442 e. The molecule has 0 bridgehead atoms. The summed E-state index contributed by atoms with van der Waals surface area (Å²) in [5, 5.41) is 5.67. The minimum Gasteiger partial charge on any atom is -0.442 e. The highest BCUT2D eigenvalue weighted by atomic mass is 16.6. The van der Waals surface area contributed by atoms with Crippen molar-refractivity contribution in [2.75, 3.05) is 26.2 Å². The van der Waals surface area contributed by atoms with Crippen LogP contribution in [0, 0.1) is 0 Å². The van der Waals surface area contributed by atoms with Gasteiger partial charge in [0.15, 0.2) is 0 Å². The van der Waals surface area contributed by atoms with Crippen molar-refractivity contribution in [3.8, 4) is 0 Å². The van der Waals surface area contributed by atoms with Crippen molar-refractivity contribution >= 4 is 6.09 Å². The number of rotatable bonds is 3. The Kier molecular flexibility index (Phi) is 2.14. The van der Waals surface area contributed by atoms with Gasteiger partial charge in [-0.2, -0.15) is 0 Å². The zero-order chi connectivity index (χ0) is 8.39. The predicted octanol–water partition coefficient (Wildman–Crippen LogP) is -0.917. The first-order chi connectivity index (χ1) is 5.84. The van der Waals surface area contributed by atoms with Gasteiger partial charge in [0.1, 0.15) is 6.10 Å². The van der Waals surface area contributed by atoms with Crippen LogP contribution in [-0.4, -0.2) is 44.5 Å². The molecule has 68 valence electrons. The Morgan fingerprint density at radius 2 is 2.33 bits per heavy atom. The van der Waals surface area contributed by atoms with Crippen LogP contribution < -0.4 is 10.6 Å². The number of amides is 1. The molecule has 0 aliphatic carbocycles. The van der Waals surface area contributed by atoms with Gasteiger partial charge in [-0.3, -0.25) is 0 Å². The molecule has 2 fully saturated rings. The number of carbonyl (C=O) groups is 1. The van der Waals surface area contributed by atoms with Crippen LogP contribution in [-0.2, 0) is 9.47 Å². The summed E-state index contributed by atoms with van der Waals surface area (Å²) in [5.74, 6) is 0. The van der Waals surface area contributed by atoms with Gasteiger partial charge in [0.05, 0.1) is 19.3 Å². The van der Waals surface area contributed by atoms with Gasteiger partial charge in [0, 0.05) is 13.1 Å². The zero-order valence-electron chi connectivity index (χ0n) is 6.71. The molecule has 2 saturated heterocycles. The number of carbonyl (C=O) groups excluding carboxylic acids is 1. The Bertz CT molecular complexity index is 181. The molecule has 1 unspecified atom stereocenters. The van der Waals surface area contributed by atoms with Gasteiger partial charge in [0.25, 0.3) is 0 Å². The predicted molar refractivity (Wildman–Crippen MR) is 40.9 cm³/mol. The highest BCUT2D eigenvalue weighted by Crippen LogP contribution is 2.04. The molecule has 5 nitrogen and oxygen atoms in total. The van der Waals surface area contributed by atoms with Gasteiger partial charge in [-0.15, -0.1) is 0 Å². The lowest BCUT2D eigenvalue weighted by Gasteiger charge is -2.27. The maximum atomic E-state index is 10.6. The van der Waals surface area contributed by atoms with Crippen molar-refractivity contribution in [3.63, 3.8) is 0 Å². The van der Waals surface area contributed by atoms with Gasteiger partial charge in [-0.05, 0) is 0 Å². The first-order valence-corrected chi connectivity index (χ1v) is 4.11. The highest BCUT2D eigenvalue weighted by Gasteiger charge is 2.25. The lowest BCUT2D eigenvalue weighted by Crippen LogP contribution is -2.49. The van der Waals surface area contributed by atoms with Crippen LogP contribution in [0.5, 0.6) is 0 Å². The van der Waals surface area contributed by atoms with Crippen molar-refractivity contribution in [2.45, 2.75) is 12.2 Å². The van der Waals surface area contributed by atoms with E-state index in [2.05, 4.69) is 10.6 Å². The minimum atomic E-state index is -0.338. The second kappa shape index (κ2) is 3.28. The second-order valence-electron chi connectivity index (χ2n) is 3.02. The van der Waals surface area contributed by atoms with E-state index in [0.29, 0.717) is 19.3 Å². The van der Waals surface area contributed by atoms with Crippen LogP contribution in [0.4, 0.5) is 4.79 Å². The van der Waals surface area contributed by atoms with E-state index in [1.807, 2.05) is 0 Å². The first-order valence-electron chi connectivity index (χ1n) is 4.11. The second-order valence-corrected chi connectivity index (χ2v) is 3.02. The molecule has 5 heteroatoms. The third-order valence-electron chi connectivity index (χ3n) is 2.01. The molecule has 2 rings (SSSR count). The third kappa shape index (κ3) is 1.67. The summed E-state index contributed by atoms with van der Waals surface area (Å²) >= 11 is 0. The van der Waals surface area contributed by atoms with Gasteiger partial charge in [-0.25, -0.2) is 4.79 Å².